The fourth-order valence-corrected chi connectivity index (χ4v) is 4.20. The molecule has 0 aliphatic heterocycles. The molecular weight excluding hydrogens is 292 g/mol. The average molecular weight is 308 g/mol. The Labute approximate surface area is 123 Å². The van der Waals surface area contributed by atoms with E-state index in [1.807, 2.05) is 12.1 Å². The first kappa shape index (κ1) is 15.0. The van der Waals surface area contributed by atoms with E-state index in [-0.39, 0.29) is 5.75 Å². The smallest absolute Gasteiger partial charge is 0.179 e. The lowest BCUT2D eigenvalue weighted by Crippen LogP contribution is -2.09. The lowest BCUT2D eigenvalue weighted by Gasteiger charge is -2.05. The van der Waals surface area contributed by atoms with Crippen LogP contribution in [0.4, 0.5) is 0 Å². The number of benzene rings is 1. The molecule has 0 spiro atoms. The van der Waals surface area contributed by atoms with Crippen molar-refractivity contribution in [2.24, 2.45) is 5.73 Å². The Morgan fingerprint density at radius 1 is 1.05 bits per heavy atom. The molecule has 0 fully saturated rings. The van der Waals surface area contributed by atoms with Gasteiger partial charge in [-0.25, -0.2) is 8.42 Å². The minimum Gasteiger partial charge on any atom is -0.326 e. The van der Waals surface area contributed by atoms with E-state index in [9.17, 15) is 8.42 Å². The summed E-state index contributed by atoms with van der Waals surface area (Å²) in [6.07, 6.45) is 3.39. The Hall–Kier alpha value is -1.37. The molecular formula is C14H16N2O2S2. The van der Waals surface area contributed by atoms with Crippen molar-refractivity contribution in [3.63, 3.8) is 0 Å². The van der Waals surface area contributed by atoms with Crippen LogP contribution in [0.2, 0.25) is 0 Å². The molecule has 0 unspecified atom stereocenters. The van der Waals surface area contributed by atoms with Crippen LogP contribution in [0.5, 0.6) is 0 Å². The summed E-state index contributed by atoms with van der Waals surface area (Å²) in [6.45, 7) is 0.415. The van der Waals surface area contributed by atoms with Crippen molar-refractivity contribution in [3.8, 4) is 0 Å². The van der Waals surface area contributed by atoms with Crippen molar-refractivity contribution in [1.29, 1.82) is 0 Å². The fourth-order valence-electron chi connectivity index (χ4n) is 1.65. The van der Waals surface area contributed by atoms with Gasteiger partial charge in [0, 0.05) is 29.6 Å². The highest BCUT2D eigenvalue weighted by Crippen LogP contribution is 2.19. The van der Waals surface area contributed by atoms with Gasteiger partial charge in [-0.1, -0.05) is 12.1 Å². The van der Waals surface area contributed by atoms with Crippen LogP contribution < -0.4 is 5.73 Å². The zero-order valence-corrected chi connectivity index (χ0v) is 12.5. The van der Waals surface area contributed by atoms with Crippen LogP contribution in [0.25, 0.3) is 0 Å². The van der Waals surface area contributed by atoms with Crippen LogP contribution >= 0.6 is 11.8 Å². The Kier molecular flexibility index (Phi) is 5.17. The van der Waals surface area contributed by atoms with E-state index in [4.69, 9.17) is 5.73 Å². The molecule has 0 amide bonds. The first-order chi connectivity index (χ1) is 9.62. The van der Waals surface area contributed by atoms with E-state index in [1.54, 1.807) is 36.7 Å². The van der Waals surface area contributed by atoms with E-state index in [0.717, 1.165) is 10.5 Å². The molecule has 4 nitrogen and oxygen atoms in total. The number of sulfone groups is 1. The Bertz CT molecular complexity index is 641. The molecule has 0 saturated carbocycles. The molecule has 1 aromatic heterocycles. The van der Waals surface area contributed by atoms with Gasteiger partial charge in [0.15, 0.2) is 9.84 Å². The van der Waals surface area contributed by atoms with Crippen LogP contribution in [0.15, 0.2) is 58.6 Å². The summed E-state index contributed by atoms with van der Waals surface area (Å²) in [5.74, 6) is 0.632. The summed E-state index contributed by atoms with van der Waals surface area (Å²) in [7, 11) is -3.23. The number of pyridine rings is 1. The largest absolute Gasteiger partial charge is 0.326 e. The molecule has 106 valence electrons. The molecule has 0 aliphatic rings. The minimum absolute atomic E-state index is 0.113. The van der Waals surface area contributed by atoms with Gasteiger partial charge in [-0.3, -0.25) is 4.98 Å². The summed E-state index contributed by atoms with van der Waals surface area (Å²) >= 11 is 1.51. The molecule has 1 heterocycles. The van der Waals surface area contributed by atoms with Crippen molar-refractivity contribution in [1.82, 2.24) is 4.98 Å². The second-order valence-corrected chi connectivity index (χ2v) is 7.48. The molecule has 1 aromatic carbocycles. The predicted octanol–water partition coefficient (Wildman–Crippen LogP) is 2.11. The van der Waals surface area contributed by atoms with Gasteiger partial charge >= 0.3 is 0 Å². The Morgan fingerprint density at radius 3 is 2.30 bits per heavy atom. The monoisotopic (exact) mass is 308 g/mol. The molecule has 2 aromatic rings. The van der Waals surface area contributed by atoms with Gasteiger partial charge in [0.2, 0.25) is 0 Å². The molecule has 6 heteroatoms. The normalized spacial score (nSPS) is 11.4. The highest BCUT2D eigenvalue weighted by Gasteiger charge is 2.14. The second kappa shape index (κ2) is 6.88. The van der Waals surface area contributed by atoms with E-state index in [0.29, 0.717) is 17.2 Å². The highest BCUT2D eigenvalue weighted by molar-refractivity contribution is 8.00. The number of aromatic nitrogens is 1. The van der Waals surface area contributed by atoms with Crippen molar-refractivity contribution >= 4 is 21.6 Å². The molecule has 0 aliphatic carbocycles. The summed E-state index contributed by atoms with van der Waals surface area (Å²) in [6, 6.07) is 10.5. The van der Waals surface area contributed by atoms with Crippen molar-refractivity contribution in [2.75, 3.05) is 11.5 Å². The van der Waals surface area contributed by atoms with Gasteiger partial charge in [-0.15, -0.1) is 11.8 Å². The Balaban J connectivity index is 1.96. The molecule has 0 bridgehead atoms. The van der Waals surface area contributed by atoms with E-state index >= 15 is 0 Å². The highest BCUT2D eigenvalue weighted by atomic mass is 32.2. The molecule has 0 saturated heterocycles. The van der Waals surface area contributed by atoms with Gasteiger partial charge in [0.1, 0.15) is 0 Å². The minimum atomic E-state index is -3.23. The third-order valence-corrected chi connectivity index (χ3v) is 5.79. The topological polar surface area (TPSA) is 73.1 Å². The molecule has 2 rings (SSSR count). The van der Waals surface area contributed by atoms with Gasteiger partial charge in [0.05, 0.1) is 10.6 Å². The number of hydrogen-bond acceptors (Lipinski definition) is 5. The fraction of sp³-hybridized carbons (Fsp3) is 0.214. The van der Waals surface area contributed by atoms with Crippen LogP contribution in [-0.4, -0.2) is 24.9 Å². The third-order valence-electron chi connectivity index (χ3n) is 2.79. The van der Waals surface area contributed by atoms with E-state index in [2.05, 4.69) is 4.98 Å². The van der Waals surface area contributed by atoms with Gasteiger partial charge in [-0.05, 0) is 29.8 Å². The zero-order chi connectivity index (χ0) is 14.4. The molecule has 0 atom stereocenters. The van der Waals surface area contributed by atoms with Crippen molar-refractivity contribution < 1.29 is 8.42 Å². The Morgan fingerprint density at radius 2 is 1.70 bits per heavy atom. The standard InChI is InChI=1S/C14H16N2O2S2/c15-11-12-1-3-14(4-2-12)20(17,18)10-9-19-13-5-7-16-8-6-13/h1-8H,9-11,15H2. The first-order valence-electron chi connectivity index (χ1n) is 6.16. The number of thioether (sulfide) groups is 1. The SMILES string of the molecule is NCc1ccc(S(=O)(=O)CCSc2ccncc2)cc1. The van der Waals surface area contributed by atoms with E-state index in [1.165, 1.54) is 11.8 Å². The summed E-state index contributed by atoms with van der Waals surface area (Å²) in [5.41, 5.74) is 6.42. The van der Waals surface area contributed by atoms with Crippen LogP contribution in [0, 0.1) is 0 Å². The second-order valence-electron chi connectivity index (χ2n) is 4.20. The maximum absolute atomic E-state index is 12.2. The first-order valence-corrected chi connectivity index (χ1v) is 8.80. The number of rotatable bonds is 6. The van der Waals surface area contributed by atoms with Gasteiger partial charge < -0.3 is 5.73 Å². The van der Waals surface area contributed by atoms with Gasteiger partial charge in [0.25, 0.3) is 0 Å². The maximum Gasteiger partial charge on any atom is 0.179 e. The van der Waals surface area contributed by atoms with Crippen LogP contribution in [-0.2, 0) is 16.4 Å². The predicted molar refractivity (Wildman–Crippen MR) is 81.3 cm³/mol. The van der Waals surface area contributed by atoms with Crippen LogP contribution in [0.1, 0.15) is 5.56 Å². The van der Waals surface area contributed by atoms with Crippen molar-refractivity contribution in [2.45, 2.75) is 16.3 Å². The average Bonchev–Trinajstić information content (AvgIpc) is 2.48. The summed E-state index contributed by atoms with van der Waals surface area (Å²) < 4.78 is 24.3. The summed E-state index contributed by atoms with van der Waals surface area (Å²) in [4.78, 5) is 5.30. The number of nitrogens with two attached hydrogens (primary N) is 1. The van der Waals surface area contributed by atoms with Gasteiger partial charge in [-0.2, -0.15) is 0 Å². The number of nitrogens with zero attached hydrogens (tertiary/aromatic N) is 1. The van der Waals surface area contributed by atoms with Crippen LogP contribution in [0.3, 0.4) is 0 Å². The summed E-state index contributed by atoms with van der Waals surface area (Å²) in [5, 5.41) is 0. The molecule has 0 radical (unpaired) electrons. The lowest BCUT2D eigenvalue weighted by molar-refractivity contribution is 0.597. The third kappa shape index (κ3) is 4.06. The quantitative estimate of drug-likeness (QED) is 0.827. The van der Waals surface area contributed by atoms with Crippen molar-refractivity contribution in [3.05, 3.63) is 54.4 Å². The van der Waals surface area contributed by atoms with E-state index < -0.39 is 9.84 Å². The maximum atomic E-state index is 12.2. The molecule has 20 heavy (non-hydrogen) atoms. The lowest BCUT2D eigenvalue weighted by atomic mass is 10.2. The number of hydrogen-bond donors (Lipinski definition) is 1. The molecule has 2 N–H and O–H groups in total. The zero-order valence-electron chi connectivity index (χ0n) is 10.9.